The molecule has 0 saturated heterocycles. The fraction of sp³-hybridized carbons (Fsp3) is 0. The summed E-state index contributed by atoms with van der Waals surface area (Å²) in [5.41, 5.74) is 12.3. The van der Waals surface area contributed by atoms with Crippen molar-refractivity contribution in [2.45, 2.75) is 0 Å². The molecule has 0 atom stereocenters. The van der Waals surface area contributed by atoms with Crippen LogP contribution in [0.4, 0.5) is 11.6 Å². The van der Waals surface area contributed by atoms with Gasteiger partial charge in [0.15, 0.2) is 5.82 Å². The molecule has 0 aliphatic heterocycles. The third-order valence-electron chi connectivity index (χ3n) is 1.90. The van der Waals surface area contributed by atoms with Gasteiger partial charge in [-0.25, -0.2) is 4.68 Å². The average molecular weight is 225 g/mol. The van der Waals surface area contributed by atoms with Crippen molar-refractivity contribution >= 4 is 23.2 Å². The summed E-state index contributed by atoms with van der Waals surface area (Å²) in [7, 11) is 0. The second-order valence-corrected chi connectivity index (χ2v) is 3.46. The van der Waals surface area contributed by atoms with Gasteiger partial charge in [-0.3, -0.25) is 0 Å². The van der Waals surface area contributed by atoms with Crippen molar-refractivity contribution in [2.24, 2.45) is 0 Å². The molecule has 0 spiro atoms. The van der Waals surface area contributed by atoms with E-state index in [4.69, 9.17) is 28.9 Å². The van der Waals surface area contributed by atoms with Gasteiger partial charge in [-0.2, -0.15) is 0 Å². The van der Waals surface area contributed by atoms with Crippen LogP contribution in [-0.2, 0) is 0 Å². The van der Waals surface area contributed by atoms with Gasteiger partial charge in [0.25, 0.3) is 0 Å². The Kier molecular flexibility index (Phi) is 2.12. The Hall–Kier alpha value is -1.95. The van der Waals surface area contributed by atoms with Gasteiger partial charge in [0.2, 0.25) is 5.95 Å². The average Bonchev–Trinajstić information content (AvgIpc) is 2.46. The molecular formula is C8H9ClN6. The molecule has 0 saturated carbocycles. The molecule has 0 unspecified atom stereocenters. The van der Waals surface area contributed by atoms with Crippen molar-refractivity contribution in [3.05, 3.63) is 23.2 Å². The Bertz CT molecular complexity index is 486. The molecular weight excluding hydrogens is 216 g/mol. The van der Waals surface area contributed by atoms with Gasteiger partial charge in [-0.05, 0) is 18.2 Å². The van der Waals surface area contributed by atoms with Crippen molar-refractivity contribution in [1.29, 1.82) is 0 Å². The molecule has 0 aliphatic carbocycles. The van der Waals surface area contributed by atoms with Crippen LogP contribution >= 0.6 is 11.6 Å². The lowest BCUT2D eigenvalue weighted by Crippen LogP contribution is -2.13. The van der Waals surface area contributed by atoms with Crippen LogP contribution in [0.15, 0.2) is 18.2 Å². The molecule has 0 fully saturated rings. The lowest BCUT2D eigenvalue weighted by molar-refractivity contribution is 1.02. The van der Waals surface area contributed by atoms with Gasteiger partial charge >= 0.3 is 0 Å². The molecule has 0 aliphatic rings. The lowest BCUT2D eigenvalue weighted by atomic mass is 10.2. The van der Waals surface area contributed by atoms with Crippen molar-refractivity contribution in [1.82, 2.24) is 14.9 Å². The van der Waals surface area contributed by atoms with Gasteiger partial charge in [-0.1, -0.05) is 11.6 Å². The van der Waals surface area contributed by atoms with E-state index < -0.39 is 0 Å². The minimum absolute atomic E-state index is 0.128. The number of nitrogens with two attached hydrogens (primary N) is 3. The van der Waals surface area contributed by atoms with E-state index in [0.717, 1.165) is 0 Å². The zero-order valence-electron chi connectivity index (χ0n) is 7.68. The fourth-order valence-electron chi connectivity index (χ4n) is 1.24. The summed E-state index contributed by atoms with van der Waals surface area (Å²) < 4.78 is 1.17. The number of anilines is 2. The van der Waals surface area contributed by atoms with Crippen LogP contribution in [0.1, 0.15) is 0 Å². The highest BCUT2D eigenvalue weighted by molar-refractivity contribution is 6.31. The summed E-state index contributed by atoms with van der Waals surface area (Å²) >= 11 is 5.85. The van der Waals surface area contributed by atoms with Crippen LogP contribution in [0.25, 0.3) is 11.4 Å². The maximum atomic E-state index is 5.85. The molecule has 15 heavy (non-hydrogen) atoms. The number of hydrogen-bond donors (Lipinski definition) is 3. The van der Waals surface area contributed by atoms with Gasteiger partial charge in [0, 0.05) is 16.3 Å². The van der Waals surface area contributed by atoms with E-state index in [1.165, 1.54) is 4.68 Å². The van der Waals surface area contributed by atoms with Crippen molar-refractivity contribution in [3.8, 4) is 11.4 Å². The fourth-order valence-corrected chi connectivity index (χ4v) is 1.49. The largest absolute Gasteiger partial charge is 0.399 e. The molecule has 2 rings (SSSR count). The first-order valence-electron chi connectivity index (χ1n) is 4.10. The summed E-state index contributed by atoms with van der Waals surface area (Å²) in [6.45, 7) is 0. The van der Waals surface area contributed by atoms with E-state index in [0.29, 0.717) is 22.1 Å². The Morgan fingerprint density at radius 3 is 2.40 bits per heavy atom. The highest BCUT2D eigenvalue weighted by Gasteiger charge is 2.10. The van der Waals surface area contributed by atoms with Gasteiger partial charge < -0.3 is 17.3 Å². The minimum atomic E-state index is 0.128. The van der Waals surface area contributed by atoms with Crippen LogP contribution in [-0.4, -0.2) is 14.9 Å². The van der Waals surface area contributed by atoms with Crippen LogP contribution in [0.3, 0.4) is 0 Å². The second-order valence-electron chi connectivity index (χ2n) is 3.03. The minimum Gasteiger partial charge on any atom is -0.399 e. The monoisotopic (exact) mass is 224 g/mol. The lowest BCUT2D eigenvalue weighted by Gasteiger charge is -2.03. The number of hydrogen-bond acceptors (Lipinski definition) is 5. The second kappa shape index (κ2) is 3.32. The smallest absolute Gasteiger partial charge is 0.241 e. The zero-order valence-corrected chi connectivity index (χ0v) is 8.44. The van der Waals surface area contributed by atoms with Crippen LogP contribution in [0.2, 0.25) is 5.02 Å². The maximum absolute atomic E-state index is 5.85. The molecule has 78 valence electrons. The molecule has 6 N–H and O–H groups in total. The van der Waals surface area contributed by atoms with E-state index in [2.05, 4.69) is 10.2 Å². The predicted octanol–water partition coefficient (Wildman–Crippen LogP) is 0.477. The van der Waals surface area contributed by atoms with Crippen LogP contribution in [0, 0.1) is 0 Å². The molecule has 0 bridgehead atoms. The van der Waals surface area contributed by atoms with E-state index in [-0.39, 0.29) is 5.95 Å². The summed E-state index contributed by atoms with van der Waals surface area (Å²) in [6, 6.07) is 5.01. The highest BCUT2D eigenvalue weighted by Crippen LogP contribution is 2.24. The predicted molar refractivity (Wildman–Crippen MR) is 59.4 cm³/mol. The van der Waals surface area contributed by atoms with Gasteiger partial charge in [0.1, 0.15) is 0 Å². The van der Waals surface area contributed by atoms with E-state index in [1.54, 1.807) is 18.2 Å². The number of benzene rings is 1. The Morgan fingerprint density at radius 2 is 1.87 bits per heavy atom. The number of rotatable bonds is 1. The third-order valence-corrected chi connectivity index (χ3v) is 2.12. The number of nitrogens with zero attached hydrogens (tertiary/aromatic N) is 3. The SMILES string of the molecule is Nc1cc(Cl)cc(-c2nnc(N)n2N)c1. The van der Waals surface area contributed by atoms with Crippen molar-refractivity contribution in [2.75, 3.05) is 17.3 Å². The van der Waals surface area contributed by atoms with Crippen molar-refractivity contribution in [3.63, 3.8) is 0 Å². The molecule has 7 heteroatoms. The molecule has 6 nitrogen and oxygen atoms in total. The number of halogens is 1. The highest BCUT2D eigenvalue weighted by atomic mass is 35.5. The number of nitrogen functional groups attached to an aromatic ring is 3. The zero-order chi connectivity index (χ0) is 11.0. The van der Waals surface area contributed by atoms with E-state index in [1.807, 2.05) is 0 Å². The normalized spacial score (nSPS) is 10.5. The quantitative estimate of drug-likeness (QED) is 0.482. The Morgan fingerprint density at radius 1 is 1.13 bits per heavy atom. The summed E-state index contributed by atoms with van der Waals surface area (Å²) in [5, 5.41) is 7.96. The van der Waals surface area contributed by atoms with Gasteiger partial charge in [0.05, 0.1) is 0 Å². The first kappa shape index (κ1) is 9.60. The summed E-state index contributed by atoms with van der Waals surface area (Å²) in [4.78, 5) is 0. The summed E-state index contributed by atoms with van der Waals surface area (Å²) in [5.74, 6) is 6.16. The molecule has 0 radical (unpaired) electrons. The number of aromatic nitrogens is 3. The molecule has 2 aromatic rings. The Labute approximate surface area is 90.6 Å². The maximum Gasteiger partial charge on any atom is 0.241 e. The van der Waals surface area contributed by atoms with Gasteiger partial charge in [-0.15, -0.1) is 10.2 Å². The molecule has 1 aromatic heterocycles. The first-order valence-corrected chi connectivity index (χ1v) is 4.48. The molecule has 1 aromatic carbocycles. The van der Waals surface area contributed by atoms with E-state index >= 15 is 0 Å². The standard InChI is InChI=1S/C8H9ClN6/c9-5-1-4(2-6(10)3-5)7-13-14-8(11)15(7)12/h1-3H,10,12H2,(H2,11,14). The van der Waals surface area contributed by atoms with Crippen molar-refractivity contribution < 1.29 is 0 Å². The van der Waals surface area contributed by atoms with Crippen LogP contribution in [0.5, 0.6) is 0 Å². The topological polar surface area (TPSA) is 109 Å². The Balaban J connectivity index is 2.58. The molecule has 0 amide bonds. The molecule has 1 heterocycles. The van der Waals surface area contributed by atoms with Crippen LogP contribution < -0.4 is 17.3 Å². The third kappa shape index (κ3) is 1.66. The first-order chi connectivity index (χ1) is 7.08. The summed E-state index contributed by atoms with van der Waals surface area (Å²) in [6.07, 6.45) is 0. The van der Waals surface area contributed by atoms with E-state index in [9.17, 15) is 0 Å².